The van der Waals surface area contributed by atoms with Gasteiger partial charge in [-0.25, -0.2) is 4.79 Å². The van der Waals surface area contributed by atoms with Crippen molar-refractivity contribution in [2.75, 3.05) is 12.3 Å². The molecule has 0 saturated heterocycles. The van der Waals surface area contributed by atoms with E-state index in [1.807, 2.05) is 13.8 Å². The number of nitrogens with two attached hydrogens (primary N) is 1. The van der Waals surface area contributed by atoms with Crippen molar-refractivity contribution < 1.29 is 14.6 Å². The number of esters is 1. The van der Waals surface area contributed by atoms with Gasteiger partial charge in [0.1, 0.15) is 5.75 Å². The lowest BCUT2D eigenvalue weighted by Crippen LogP contribution is -2.10. The van der Waals surface area contributed by atoms with E-state index >= 15 is 0 Å². The summed E-state index contributed by atoms with van der Waals surface area (Å²) in [5.41, 5.74) is 5.98. The molecule has 0 bridgehead atoms. The molecule has 0 saturated carbocycles. The van der Waals surface area contributed by atoms with E-state index in [4.69, 9.17) is 15.6 Å². The first-order chi connectivity index (χ1) is 7.00. The molecular weight excluding hydrogens is 194 g/mol. The molecule has 15 heavy (non-hydrogen) atoms. The lowest BCUT2D eigenvalue weighted by molar-refractivity contribution is 0.0459. The monoisotopic (exact) mass is 209 g/mol. The largest absolute Gasteiger partial charge is 0.506 e. The van der Waals surface area contributed by atoms with Crippen LogP contribution in [0.4, 0.5) is 5.69 Å². The summed E-state index contributed by atoms with van der Waals surface area (Å²) in [5, 5.41) is 9.17. The van der Waals surface area contributed by atoms with Crippen molar-refractivity contribution in [2.45, 2.75) is 13.8 Å². The predicted molar refractivity (Wildman–Crippen MR) is 57.6 cm³/mol. The Kier molecular flexibility index (Phi) is 3.55. The number of carbonyl (C=O) groups excluding carboxylic acids is 1. The van der Waals surface area contributed by atoms with Crippen molar-refractivity contribution in [1.29, 1.82) is 0 Å². The quantitative estimate of drug-likeness (QED) is 0.452. The number of anilines is 1. The summed E-state index contributed by atoms with van der Waals surface area (Å²) in [5.74, 6) is -0.158. The molecule has 4 nitrogen and oxygen atoms in total. The molecule has 0 aliphatic heterocycles. The van der Waals surface area contributed by atoms with Gasteiger partial charge in [-0.3, -0.25) is 0 Å². The molecule has 0 amide bonds. The van der Waals surface area contributed by atoms with Gasteiger partial charge >= 0.3 is 5.97 Å². The summed E-state index contributed by atoms with van der Waals surface area (Å²) in [6.45, 7) is 4.29. The topological polar surface area (TPSA) is 72.5 Å². The van der Waals surface area contributed by atoms with Crippen molar-refractivity contribution >= 4 is 11.7 Å². The number of phenols is 1. The third-order valence-electron chi connectivity index (χ3n) is 1.81. The van der Waals surface area contributed by atoms with Gasteiger partial charge in [0.25, 0.3) is 0 Å². The van der Waals surface area contributed by atoms with Crippen LogP contribution in [0.5, 0.6) is 5.75 Å². The molecule has 82 valence electrons. The van der Waals surface area contributed by atoms with Crippen LogP contribution in [-0.4, -0.2) is 17.7 Å². The maximum Gasteiger partial charge on any atom is 0.338 e. The van der Waals surface area contributed by atoms with E-state index in [1.165, 1.54) is 18.2 Å². The Labute approximate surface area is 88.7 Å². The number of phenolic OH excluding ortho intramolecular Hbond substituents is 1. The average molecular weight is 209 g/mol. The van der Waals surface area contributed by atoms with E-state index in [1.54, 1.807) is 0 Å². The minimum absolute atomic E-state index is 0.0320. The number of carbonyl (C=O) groups is 1. The van der Waals surface area contributed by atoms with E-state index < -0.39 is 5.97 Å². The van der Waals surface area contributed by atoms with Gasteiger partial charge in [-0.05, 0) is 24.1 Å². The Balaban J connectivity index is 2.70. The minimum atomic E-state index is -0.421. The molecule has 1 aromatic carbocycles. The maximum atomic E-state index is 11.5. The summed E-state index contributed by atoms with van der Waals surface area (Å²) in [7, 11) is 0. The van der Waals surface area contributed by atoms with Gasteiger partial charge < -0.3 is 15.6 Å². The number of hydrogen-bond acceptors (Lipinski definition) is 4. The first-order valence-electron chi connectivity index (χ1n) is 4.76. The number of benzene rings is 1. The Hall–Kier alpha value is -1.71. The van der Waals surface area contributed by atoms with Crippen LogP contribution in [0, 0.1) is 5.92 Å². The number of rotatable bonds is 3. The van der Waals surface area contributed by atoms with Crippen LogP contribution in [0.25, 0.3) is 0 Å². The van der Waals surface area contributed by atoms with E-state index in [0.29, 0.717) is 18.1 Å². The standard InChI is InChI=1S/C11H15NO3/c1-7(2)6-15-11(14)8-3-4-10(13)9(12)5-8/h3-5,7,13H,6,12H2,1-2H3. The number of nitrogen functional groups attached to an aromatic ring is 1. The van der Waals surface area contributed by atoms with Crippen LogP contribution in [0.2, 0.25) is 0 Å². The van der Waals surface area contributed by atoms with Crippen molar-refractivity contribution in [3.63, 3.8) is 0 Å². The van der Waals surface area contributed by atoms with Crippen LogP contribution in [0.3, 0.4) is 0 Å². The third-order valence-corrected chi connectivity index (χ3v) is 1.81. The highest BCUT2D eigenvalue weighted by Gasteiger charge is 2.09. The van der Waals surface area contributed by atoms with Crippen molar-refractivity contribution in [3.05, 3.63) is 23.8 Å². The molecule has 3 N–H and O–H groups in total. The first kappa shape index (κ1) is 11.4. The summed E-state index contributed by atoms with van der Waals surface area (Å²) >= 11 is 0. The SMILES string of the molecule is CC(C)COC(=O)c1ccc(O)c(N)c1. The minimum Gasteiger partial charge on any atom is -0.506 e. The van der Waals surface area contributed by atoms with Gasteiger partial charge in [-0.2, -0.15) is 0 Å². The molecule has 0 heterocycles. The molecule has 0 aromatic heterocycles. The molecule has 0 aliphatic carbocycles. The highest BCUT2D eigenvalue weighted by atomic mass is 16.5. The second kappa shape index (κ2) is 4.68. The normalized spacial score (nSPS) is 10.3. The summed E-state index contributed by atoms with van der Waals surface area (Å²) in [6, 6.07) is 4.26. The van der Waals surface area contributed by atoms with Crippen LogP contribution < -0.4 is 5.73 Å². The Morgan fingerprint density at radius 2 is 2.20 bits per heavy atom. The lowest BCUT2D eigenvalue weighted by atomic mass is 10.2. The van der Waals surface area contributed by atoms with Crippen LogP contribution >= 0.6 is 0 Å². The van der Waals surface area contributed by atoms with Crippen molar-refractivity contribution in [1.82, 2.24) is 0 Å². The van der Waals surface area contributed by atoms with Gasteiger partial charge in [0.15, 0.2) is 0 Å². The number of ether oxygens (including phenoxy) is 1. The fourth-order valence-corrected chi connectivity index (χ4v) is 1.01. The molecule has 0 radical (unpaired) electrons. The molecule has 1 aromatic rings. The van der Waals surface area contributed by atoms with E-state index in [-0.39, 0.29) is 11.4 Å². The van der Waals surface area contributed by atoms with E-state index in [0.717, 1.165) is 0 Å². The zero-order chi connectivity index (χ0) is 11.4. The predicted octanol–water partition coefficient (Wildman–Crippen LogP) is 1.79. The first-order valence-corrected chi connectivity index (χ1v) is 4.76. The third kappa shape index (κ3) is 3.16. The highest BCUT2D eigenvalue weighted by molar-refractivity contribution is 5.90. The Bertz CT molecular complexity index is 361. The summed E-state index contributed by atoms with van der Waals surface area (Å²) in [4.78, 5) is 11.5. The van der Waals surface area contributed by atoms with E-state index in [2.05, 4.69) is 0 Å². The van der Waals surface area contributed by atoms with Crippen LogP contribution in [-0.2, 0) is 4.74 Å². The molecule has 0 fully saturated rings. The van der Waals surface area contributed by atoms with Gasteiger partial charge in [-0.15, -0.1) is 0 Å². The zero-order valence-corrected chi connectivity index (χ0v) is 8.86. The van der Waals surface area contributed by atoms with Gasteiger partial charge in [0.05, 0.1) is 17.9 Å². The Morgan fingerprint density at radius 3 is 2.73 bits per heavy atom. The fraction of sp³-hybridized carbons (Fsp3) is 0.364. The summed E-state index contributed by atoms with van der Waals surface area (Å²) in [6.07, 6.45) is 0. The molecule has 1 rings (SSSR count). The van der Waals surface area contributed by atoms with Crippen LogP contribution in [0.1, 0.15) is 24.2 Å². The Morgan fingerprint density at radius 1 is 1.53 bits per heavy atom. The van der Waals surface area contributed by atoms with Crippen LogP contribution in [0.15, 0.2) is 18.2 Å². The molecule has 0 aliphatic rings. The van der Waals surface area contributed by atoms with E-state index in [9.17, 15) is 4.79 Å². The second-order valence-corrected chi connectivity index (χ2v) is 3.77. The highest BCUT2D eigenvalue weighted by Crippen LogP contribution is 2.20. The molecule has 0 atom stereocenters. The lowest BCUT2D eigenvalue weighted by Gasteiger charge is -2.07. The molecule has 0 spiro atoms. The second-order valence-electron chi connectivity index (χ2n) is 3.77. The smallest absolute Gasteiger partial charge is 0.338 e. The van der Waals surface area contributed by atoms with Gasteiger partial charge in [-0.1, -0.05) is 13.8 Å². The molecular formula is C11H15NO3. The zero-order valence-electron chi connectivity index (χ0n) is 8.86. The van der Waals surface area contributed by atoms with Gasteiger partial charge in [0, 0.05) is 0 Å². The number of hydrogen-bond donors (Lipinski definition) is 2. The van der Waals surface area contributed by atoms with Crippen molar-refractivity contribution in [2.24, 2.45) is 5.92 Å². The van der Waals surface area contributed by atoms with Crippen molar-refractivity contribution in [3.8, 4) is 5.75 Å². The molecule has 0 unspecified atom stereocenters. The number of aromatic hydroxyl groups is 1. The maximum absolute atomic E-state index is 11.5. The average Bonchev–Trinajstić information content (AvgIpc) is 2.18. The van der Waals surface area contributed by atoms with Gasteiger partial charge in [0.2, 0.25) is 0 Å². The summed E-state index contributed by atoms with van der Waals surface area (Å²) < 4.78 is 5.01. The molecule has 4 heteroatoms. The fourth-order valence-electron chi connectivity index (χ4n) is 1.01.